The Kier molecular flexibility index (Phi) is 5.32. The Hall–Kier alpha value is -2.45. The summed E-state index contributed by atoms with van der Waals surface area (Å²) in [5, 5.41) is 0. The lowest BCUT2D eigenvalue weighted by molar-refractivity contribution is -0.145. The van der Waals surface area contributed by atoms with E-state index in [1.165, 1.54) is 7.11 Å². The molecule has 2 fully saturated rings. The summed E-state index contributed by atoms with van der Waals surface area (Å²) in [6.07, 6.45) is 5.88. The Balaban J connectivity index is 1.55. The first-order valence-electron chi connectivity index (χ1n) is 9.72. The number of hydrogen-bond acceptors (Lipinski definition) is 5. The molecule has 150 valence electrons. The van der Waals surface area contributed by atoms with Crippen LogP contribution in [0.25, 0.3) is 5.52 Å². The zero-order valence-corrected chi connectivity index (χ0v) is 16.2. The SMILES string of the molecule is COCC(=O)N1CCN(C(=O)c2cc3cccn3cn2)CCC12CCOCC2. The quantitative estimate of drug-likeness (QED) is 0.792. The average Bonchev–Trinajstić information content (AvgIpc) is 3.11. The van der Waals surface area contributed by atoms with Gasteiger partial charge in [-0.05, 0) is 37.5 Å². The molecular weight excluding hydrogens is 360 g/mol. The highest BCUT2D eigenvalue weighted by Gasteiger charge is 2.43. The topological polar surface area (TPSA) is 76.4 Å². The lowest BCUT2D eigenvalue weighted by Crippen LogP contribution is -2.55. The van der Waals surface area contributed by atoms with Gasteiger partial charge in [-0.25, -0.2) is 4.98 Å². The number of rotatable bonds is 3. The molecule has 4 rings (SSSR count). The number of hydrogen-bond donors (Lipinski definition) is 0. The van der Waals surface area contributed by atoms with Crippen molar-refractivity contribution < 1.29 is 19.1 Å². The summed E-state index contributed by atoms with van der Waals surface area (Å²) >= 11 is 0. The fourth-order valence-electron chi connectivity index (χ4n) is 4.33. The van der Waals surface area contributed by atoms with Gasteiger partial charge in [0.25, 0.3) is 5.91 Å². The minimum Gasteiger partial charge on any atom is -0.381 e. The average molecular weight is 386 g/mol. The lowest BCUT2D eigenvalue weighted by atomic mass is 9.84. The summed E-state index contributed by atoms with van der Waals surface area (Å²) in [5.74, 6) is -0.113. The molecule has 0 radical (unpaired) electrons. The second kappa shape index (κ2) is 7.89. The number of ether oxygens (including phenoxy) is 2. The van der Waals surface area contributed by atoms with Crippen LogP contribution in [-0.2, 0) is 14.3 Å². The monoisotopic (exact) mass is 386 g/mol. The molecule has 2 saturated heterocycles. The Labute approximate surface area is 164 Å². The van der Waals surface area contributed by atoms with Gasteiger partial charge in [0, 0.05) is 57.2 Å². The van der Waals surface area contributed by atoms with Crippen LogP contribution in [0.5, 0.6) is 0 Å². The van der Waals surface area contributed by atoms with Crippen molar-refractivity contribution in [1.82, 2.24) is 19.2 Å². The molecule has 1 spiro atoms. The van der Waals surface area contributed by atoms with Gasteiger partial charge in [0.1, 0.15) is 12.3 Å². The third-order valence-corrected chi connectivity index (χ3v) is 5.93. The summed E-state index contributed by atoms with van der Waals surface area (Å²) < 4.78 is 12.5. The molecule has 0 N–H and O–H groups in total. The summed E-state index contributed by atoms with van der Waals surface area (Å²) in [7, 11) is 1.53. The molecule has 0 aliphatic carbocycles. The summed E-state index contributed by atoms with van der Waals surface area (Å²) in [4.78, 5) is 33.9. The van der Waals surface area contributed by atoms with E-state index in [2.05, 4.69) is 4.98 Å². The third-order valence-electron chi connectivity index (χ3n) is 5.93. The smallest absolute Gasteiger partial charge is 0.272 e. The van der Waals surface area contributed by atoms with Crippen molar-refractivity contribution >= 4 is 17.3 Å². The highest BCUT2D eigenvalue weighted by molar-refractivity contribution is 5.93. The fourth-order valence-corrected chi connectivity index (χ4v) is 4.33. The van der Waals surface area contributed by atoms with Crippen molar-refractivity contribution in [2.75, 3.05) is 46.6 Å². The Morgan fingerprint density at radius 2 is 2.04 bits per heavy atom. The second-order valence-corrected chi connectivity index (χ2v) is 7.47. The fraction of sp³-hybridized carbons (Fsp3) is 0.550. The first kappa shape index (κ1) is 18.9. The number of amides is 2. The van der Waals surface area contributed by atoms with Crippen molar-refractivity contribution in [3.63, 3.8) is 0 Å². The van der Waals surface area contributed by atoms with Gasteiger partial charge in [0.05, 0.1) is 6.33 Å². The largest absolute Gasteiger partial charge is 0.381 e. The molecule has 8 heteroatoms. The number of aromatic nitrogens is 2. The van der Waals surface area contributed by atoms with Gasteiger partial charge < -0.3 is 23.7 Å². The van der Waals surface area contributed by atoms with E-state index < -0.39 is 0 Å². The maximum atomic E-state index is 13.1. The van der Waals surface area contributed by atoms with Gasteiger partial charge >= 0.3 is 0 Å². The van der Waals surface area contributed by atoms with E-state index in [0.717, 1.165) is 24.8 Å². The molecular formula is C20H26N4O4. The van der Waals surface area contributed by atoms with Crippen LogP contribution < -0.4 is 0 Å². The molecule has 2 aromatic heterocycles. The first-order valence-corrected chi connectivity index (χ1v) is 9.72. The van der Waals surface area contributed by atoms with Crippen LogP contribution in [0.15, 0.2) is 30.7 Å². The van der Waals surface area contributed by atoms with Gasteiger partial charge in [-0.15, -0.1) is 0 Å². The molecule has 4 heterocycles. The van der Waals surface area contributed by atoms with Crippen LogP contribution in [0.1, 0.15) is 29.8 Å². The van der Waals surface area contributed by atoms with Gasteiger partial charge in [-0.2, -0.15) is 0 Å². The number of fused-ring (bicyclic) bond motifs is 1. The van der Waals surface area contributed by atoms with Crippen molar-refractivity contribution in [3.8, 4) is 0 Å². The van der Waals surface area contributed by atoms with Crippen LogP contribution in [0.3, 0.4) is 0 Å². The number of carbonyl (C=O) groups is 2. The second-order valence-electron chi connectivity index (χ2n) is 7.47. The maximum absolute atomic E-state index is 13.1. The van der Waals surface area contributed by atoms with Crippen LogP contribution in [0, 0.1) is 0 Å². The molecule has 28 heavy (non-hydrogen) atoms. The Bertz CT molecular complexity index is 859. The van der Waals surface area contributed by atoms with Crippen LogP contribution in [-0.4, -0.2) is 83.1 Å². The molecule has 2 aromatic rings. The Morgan fingerprint density at radius 1 is 1.21 bits per heavy atom. The summed E-state index contributed by atoms with van der Waals surface area (Å²) in [5.41, 5.74) is 1.11. The van der Waals surface area contributed by atoms with Gasteiger partial charge in [-0.1, -0.05) is 0 Å². The standard InChI is InChI=1S/C20H26N4O4/c1-27-14-18(25)24-10-9-22(8-4-20(24)5-11-28-12-6-20)19(26)17-13-16-3-2-7-23(16)15-21-17/h2-3,7,13,15H,4-6,8-12,14H2,1H3. The van der Waals surface area contributed by atoms with Crippen molar-refractivity contribution in [2.45, 2.75) is 24.8 Å². The normalized spacial score (nSPS) is 19.8. The van der Waals surface area contributed by atoms with E-state index in [-0.39, 0.29) is 24.0 Å². The van der Waals surface area contributed by atoms with E-state index in [0.29, 0.717) is 38.5 Å². The van der Waals surface area contributed by atoms with Crippen LogP contribution in [0.2, 0.25) is 0 Å². The summed E-state index contributed by atoms with van der Waals surface area (Å²) in [6, 6.07) is 5.68. The lowest BCUT2D eigenvalue weighted by Gasteiger charge is -2.45. The molecule has 0 unspecified atom stereocenters. The number of carbonyl (C=O) groups excluding carboxylic acids is 2. The highest BCUT2D eigenvalue weighted by atomic mass is 16.5. The third kappa shape index (κ3) is 3.49. The number of methoxy groups -OCH3 is 1. The molecule has 0 aromatic carbocycles. The predicted octanol–water partition coefficient (Wildman–Crippen LogP) is 1.20. The Morgan fingerprint density at radius 3 is 2.82 bits per heavy atom. The molecule has 8 nitrogen and oxygen atoms in total. The summed E-state index contributed by atoms with van der Waals surface area (Å²) in [6.45, 7) is 2.92. The first-order chi connectivity index (χ1) is 13.6. The zero-order chi connectivity index (χ0) is 19.6. The highest BCUT2D eigenvalue weighted by Crippen LogP contribution is 2.34. The van der Waals surface area contributed by atoms with Gasteiger partial charge in [-0.3, -0.25) is 9.59 Å². The molecule has 2 aliphatic rings. The number of nitrogens with zero attached hydrogens (tertiary/aromatic N) is 4. The van der Waals surface area contributed by atoms with Crippen molar-refractivity contribution in [3.05, 3.63) is 36.4 Å². The van der Waals surface area contributed by atoms with E-state index >= 15 is 0 Å². The minimum absolute atomic E-state index is 0.0218. The molecule has 0 saturated carbocycles. The van der Waals surface area contributed by atoms with Crippen LogP contribution >= 0.6 is 0 Å². The maximum Gasteiger partial charge on any atom is 0.272 e. The molecule has 2 aliphatic heterocycles. The van der Waals surface area contributed by atoms with E-state index in [4.69, 9.17) is 9.47 Å². The van der Waals surface area contributed by atoms with Crippen molar-refractivity contribution in [1.29, 1.82) is 0 Å². The molecule has 2 amide bonds. The van der Waals surface area contributed by atoms with Gasteiger partial charge in [0.15, 0.2) is 0 Å². The van der Waals surface area contributed by atoms with E-state index in [1.54, 1.807) is 6.33 Å². The zero-order valence-electron chi connectivity index (χ0n) is 16.2. The molecule has 0 bridgehead atoms. The molecule has 0 atom stereocenters. The minimum atomic E-state index is -0.262. The van der Waals surface area contributed by atoms with E-state index in [9.17, 15) is 9.59 Å². The predicted molar refractivity (Wildman–Crippen MR) is 102 cm³/mol. The van der Waals surface area contributed by atoms with Gasteiger partial charge in [0.2, 0.25) is 5.91 Å². The van der Waals surface area contributed by atoms with E-state index in [1.807, 2.05) is 38.6 Å². The van der Waals surface area contributed by atoms with Crippen LogP contribution in [0.4, 0.5) is 0 Å². The van der Waals surface area contributed by atoms with Crippen molar-refractivity contribution in [2.24, 2.45) is 0 Å².